The molecule has 0 aliphatic carbocycles. The van der Waals surface area contributed by atoms with Crippen LogP contribution >= 0.6 is 0 Å². The van der Waals surface area contributed by atoms with E-state index < -0.39 is 33.8 Å². The van der Waals surface area contributed by atoms with Crippen LogP contribution in [-0.2, 0) is 21.0 Å². The summed E-state index contributed by atoms with van der Waals surface area (Å²) in [5.41, 5.74) is -0.495. The Morgan fingerprint density at radius 2 is 1.70 bits per heavy atom. The van der Waals surface area contributed by atoms with Gasteiger partial charge < -0.3 is 15.0 Å². The number of anilines is 1. The number of amides is 2. The quantitative estimate of drug-likeness (QED) is 0.724. The van der Waals surface area contributed by atoms with E-state index in [1.165, 1.54) is 27.4 Å². The topological polar surface area (TPSA) is 96.0 Å². The molecular weight excluding hydrogens is 463 g/mol. The lowest BCUT2D eigenvalue weighted by Gasteiger charge is -2.34. The molecular formula is C21H20F3N3O5S. The zero-order valence-corrected chi connectivity index (χ0v) is 18.2. The second-order valence-corrected chi connectivity index (χ2v) is 9.62. The first-order chi connectivity index (χ1) is 15.5. The van der Waals surface area contributed by atoms with Crippen molar-refractivity contribution in [3.63, 3.8) is 0 Å². The molecule has 33 heavy (non-hydrogen) atoms. The summed E-state index contributed by atoms with van der Waals surface area (Å²) >= 11 is 0. The molecule has 0 unspecified atom stereocenters. The number of fused-ring (bicyclic) bond motifs is 1. The van der Waals surface area contributed by atoms with E-state index in [1.54, 1.807) is 6.92 Å². The van der Waals surface area contributed by atoms with Crippen LogP contribution in [0, 0.1) is 0 Å². The first-order valence-corrected chi connectivity index (χ1v) is 11.5. The number of hydrogen-bond donors (Lipinski definition) is 1. The lowest BCUT2D eigenvalue weighted by molar-refractivity contribution is -0.137. The predicted octanol–water partition coefficient (Wildman–Crippen LogP) is 2.57. The van der Waals surface area contributed by atoms with Crippen LogP contribution in [0.2, 0.25) is 0 Å². The molecule has 0 aromatic heterocycles. The predicted molar refractivity (Wildman–Crippen MR) is 111 cm³/mol. The number of hydrogen-bond acceptors (Lipinski definition) is 5. The normalized spacial score (nSPS) is 19.5. The zero-order valence-electron chi connectivity index (χ0n) is 17.4. The number of halogens is 3. The number of piperazine rings is 1. The number of rotatable bonds is 3. The number of sulfonamides is 1. The van der Waals surface area contributed by atoms with Crippen molar-refractivity contribution in [2.24, 2.45) is 0 Å². The minimum Gasteiger partial charge on any atom is -0.479 e. The molecule has 12 heteroatoms. The average Bonchev–Trinajstić information content (AvgIpc) is 2.78. The molecule has 176 valence electrons. The highest BCUT2D eigenvalue weighted by Crippen LogP contribution is 2.33. The maximum absolute atomic E-state index is 13.1. The molecule has 2 heterocycles. The zero-order chi connectivity index (χ0) is 24.0. The molecule has 1 N–H and O–H groups in total. The van der Waals surface area contributed by atoms with E-state index in [0.717, 1.165) is 24.3 Å². The Kier molecular flexibility index (Phi) is 5.83. The van der Waals surface area contributed by atoms with E-state index in [4.69, 9.17) is 4.74 Å². The van der Waals surface area contributed by atoms with Crippen molar-refractivity contribution in [1.29, 1.82) is 0 Å². The molecule has 4 rings (SSSR count). The smallest absolute Gasteiger partial charge is 0.416 e. The minimum absolute atomic E-state index is 0.0195. The van der Waals surface area contributed by atoms with Crippen molar-refractivity contribution in [3.05, 3.63) is 53.6 Å². The van der Waals surface area contributed by atoms with Gasteiger partial charge in [0.25, 0.3) is 11.8 Å². The van der Waals surface area contributed by atoms with Gasteiger partial charge in [-0.25, -0.2) is 8.42 Å². The monoisotopic (exact) mass is 483 g/mol. The molecule has 0 radical (unpaired) electrons. The van der Waals surface area contributed by atoms with Gasteiger partial charge in [0, 0.05) is 31.7 Å². The largest absolute Gasteiger partial charge is 0.479 e. The molecule has 0 spiro atoms. The van der Waals surface area contributed by atoms with Gasteiger partial charge in [-0.1, -0.05) is 0 Å². The van der Waals surface area contributed by atoms with Gasteiger partial charge in [-0.3, -0.25) is 9.59 Å². The third-order valence-electron chi connectivity index (χ3n) is 5.50. The van der Waals surface area contributed by atoms with Crippen LogP contribution in [0.3, 0.4) is 0 Å². The maximum atomic E-state index is 13.1. The Bertz CT molecular complexity index is 1190. The van der Waals surface area contributed by atoms with Gasteiger partial charge in [0.05, 0.1) is 16.1 Å². The fraction of sp³-hybridized carbons (Fsp3) is 0.333. The molecule has 2 aliphatic rings. The van der Waals surface area contributed by atoms with Crippen molar-refractivity contribution in [2.75, 3.05) is 31.5 Å². The van der Waals surface area contributed by atoms with Gasteiger partial charge in [-0.15, -0.1) is 0 Å². The number of benzene rings is 2. The molecule has 0 bridgehead atoms. The fourth-order valence-electron chi connectivity index (χ4n) is 3.61. The van der Waals surface area contributed by atoms with Gasteiger partial charge in [0.2, 0.25) is 10.0 Å². The number of carbonyl (C=O) groups is 2. The molecule has 8 nitrogen and oxygen atoms in total. The maximum Gasteiger partial charge on any atom is 0.416 e. The summed E-state index contributed by atoms with van der Waals surface area (Å²) in [6.45, 7) is 1.79. The van der Waals surface area contributed by atoms with Crippen LogP contribution in [0.4, 0.5) is 18.9 Å². The highest BCUT2D eigenvalue weighted by molar-refractivity contribution is 7.89. The number of nitrogens with one attached hydrogen (secondary N) is 1. The first kappa shape index (κ1) is 23.1. The Balaban J connectivity index is 1.43. The molecule has 2 aliphatic heterocycles. The van der Waals surface area contributed by atoms with Crippen LogP contribution in [0.15, 0.2) is 47.4 Å². The summed E-state index contributed by atoms with van der Waals surface area (Å²) < 4.78 is 70.9. The Morgan fingerprint density at radius 1 is 1.06 bits per heavy atom. The van der Waals surface area contributed by atoms with E-state index in [0.29, 0.717) is 5.75 Å². The third-order valence-corrected chi connectivity index (χ3v) is 7.40. The van der Waals surface area contributed by atoms with Gasteiger partial charge in [-0.05, 0) is 49.4 Å². The third kappa shape index (κ3) is 4.53. The van der Waals surface area contributed by atoms with Crippen molar-refractivity contribution in [2.45, 2.75) is 24.1 Å². The summed E-state index contributed by atoms with van der Waals surface area (Å²) in [6, 6.07) is 8.09. The van der Waals surface area contributed by atoms with E-state index >= 15 is 0 Å². The molecule has 0 saturated carbocycles. The van der Waals surface area contributed by atoms with Crippen LogP contribution in [0.25, 0.3) is 0 Å². The molecule has 2 aromatic carbocycles. The summed E-state index contributed by atoms with van der Waals surface area (Å²) in [4.78, 5) is 25.8. The van der Waals surface area contributed by atoms with Gasteiger partial charge in [0.1, 0.15) is 5.75 Å². The SMILES string of the molecule is C[C@H]1Oc2ccc(S(=O)(=O)N3CCN(C(=O)c4ccc(C(F)(F)F)cc4)CC3)cc2NC1=O. The van der Waals surface area contributed by atoms with E-state index in [1.807, 2.05) is 0 Å². The van der Waals surface area contributed by atoms with Crippen molar-refractivity contribution < 1.29 is 35.9 Å². The second-order valence-electron chi connectivity index (χ2n) is 7.68. The Morgan fingerprint density at radius 3 is 2.30 bits per heavy atom. The standard InChI is InChI=1S/C21H20F3N3O5S/c1-13-19(28)25-17-12-16(6-7-18(17)32-13)33(30,31)27-10-8-26(9-11-27)20(29)14-2-4-15(5-3-14)21(22,23)24/h2-7,12-13H,8-11H2,1H3,(H,25,28)/t13-/m1/s1. The highest BCUT2D eigenvalue weighted by atomic mass is 32.2. The lowest BCUT2D eigenvalue weighted by Crippen LogP contribution is -2.50. The molecule has 2 aromatic rings. The van der Waals surface area contributed by atoms with Crippen LogP contribution in [0.5, 0.6) is 5.75 Å². The summed E-state index contributed by atoms with van der Waals surface area (Å²) in [7, 11) is -3.90. The second kappa shape index (κ2) is 8.34. The molecule has 1 atom stereocenters. The van der Waals surface area contributed by atoms with E-state index in [9.17, 15) is 31.2 Å². The lowest BCUT2D eigenvalue weighted by atomic mass is 10.1. The summed E-state index contributed by atoms with van der Waals surface area (Å²) in [5.74, 6) is -0.482. The number of alkyl halides is 3. The molecule has 1 fully saturated rings. The number of nitrogens with zero attached hydrogens (tertiary/aromatic N) is 2. The van der Waals surface area contributed by atoms with Crippen molar-refractivity contribution >= 4 is 27.5 Å². The fourth-order valence-corrected chi connectivity index (χ4v) is 5.06. The van der Waals surface area contributed by atoms with Crippen molar-refractivity contribution in [3.8, 4) is 5.75 Å². The van der Waals surface area contributed by atoms with Gasteiger partial charge in [0.15, 0.2) is 6.10 Å². The van der Waals surface area contributed by atoms with Gasteiger partial charge >= 0.3 is 6.18 Å². The number of ether oxygens (including phenoxy) is 1. The number of carbonyl (C=O) groups excluding carboxylic acids is 2. The minimum atomic E-state index is -4.49. The summed E-state index contributed by atoms with van der Waals surface area (Å²) in [6.07, 6.45) is -5.18. The first-order valence-electron chi connectivity index (χ1n) is 10.0. The van der Waals surface area contributed by atoms with Crippen LogP contribution < -0.4 is 10.1 Å². The highest BCUT2D eigenvalue weighted by Gasteiger charge is 2.33. The summed E-state index contributed by atoms with van der Waals surface area (Å²) in [5, 5.41) is 2.61. The Labute approximate surface area is 188 Å². The van der Waals surface area contributed by atoms with E-state index in [-0.39, 0.29) is 48.2 Å². The molecule has 1 saturated heterocycles. The Hall–Kier alpha value is -3.12. The molecule has 2 amide bonds. The van der Waals surface area contributed by atoms with E-state index in [2.05, 4.69) is 5.32 Å². The van der Waals surface area contributed by atoms with Crippen molar-refractivity contribution in [1.82, 2.24) is 9.21 Å². The van der Waals surface area contributed by atoms with Crippen LogP contribution in [0.1, 0.15) is 22.8 Å². The van der Waals surface area contributed by atoms with Crippen LogP contribution in [-0.4, -0.2) is 61.7 Å². The van der Waals surface area contributed by atoms with Gasteiger partial charge in [-0.2, -0.15) is 17.5 Å². The average molecular weight is 483 g/mol.